The summed E-state index contributed by atoms with van der Waals surface area (Å²) < 4.78 is 12.5. The molecule has 196 valence electrons. The Morgan fingerprint density at radius 1 is 0.429 bits per heavy atom. The third-order valence-corrected chi connectivity index (χ3v) is 7.82. The number of rotatable bonds is 3. The third kappa shape index (κ3) is 3.52. The minimum atomic E-state index is 0.578. The van der Waals surface area contributed by atoms with E-state index in [0.29, 0.717) is 17.5 Å². The summed E-state index contributed by atoms with van der Waals surface area (Å²) in [6, 6.07) is 36.6. The maximum absolute atomic E-state index is 6.28. The summed E-state index contributed by atoms with van der Waals surface area (Å²) in [6.07, 6.45) is 3.55. The third-order valence-electron chi connectivity index (χ3n) is 7.82. The van der Waals surface area contributed by atoms with Crippen LogP contribution < -0.4 is 0 Å². The van der Waals surface area contributed by atoms with Gasteiger partial charge < -0.3 is 8.83 Å². The highest BCUT2D eigenvalue weighted by atomic mass is 16.3. The van der Waals surface area contributed by atoms with Crippen LogP contribution in [0, 0.1) is 0 Å². The topological polar surface area (TPSA) is 77.8 Å². The first-order valence-corrected chi connectivity index (χ1v) is 13.7. The van der Waals surface area contributed by atoms with Crippen molar-refractivity contribution < 1.29 is 8.83 Å². The lowest BCUT2D eigenvalue weighted by Crippen LogP contribution is -2.00. The van der Waals surface area contributed by atoms with Crippen molar-refractivity contribution in [3.05, 3.63) is 122 Å². The van der Waals surface area contributed by atoms with Crippen LogP contribution in [0.15, 0.2) is 130 Å². The first-order chi connectivity index (χ1) is 20.8. The van der Waals surface area contributed by atoms with Crippen LogP contribution in [0.5, 0.6) is 0 Å². The standard InChI is InChI=1S/C36H20N4O2/c1-2-6-22(7-3-1)34-38-35(40-36(39-34)24-13-14-26-25-8-4-5-9-30(25)41-31(26)19-24)23-11-10-21-12-15-28-27-16-17-37-20-32(27)42-33(28)29(21)18-23/h1-20H. The zero-order valence-corrected chi connectivity index (χ0v) is 22.2. The van der Waals surface area contributed by atoms with E-state index in [4.69, 9.17) is 23.8 Å². The summed E-state index contributed by atoms with van der Waals surface area (Å²) >= 11 is 0. The van der Waals surface area contributed by atoms with Gasteiger partial charge in [0, 0.05) is 49.8 Å². The molecule has 0 saturated carbocycles. The van der Waals surface area contributed by atoms with Crippen molar-refractivity contribution in [1.29, 1.82) is 0 Å². The molecular weight excluding hydrogens is 520 g/mol. The molecule has 0 fully saturated rings. The molecule has 0 N–H and O–H groups in total. The molecule has 0 radical (unpaired) electrons. The van der Waals surface area contributed by atoms with Gasteiger partial charge in [-0.25, -0.2) is 15.0 Å². The highest BCUT2D eigenvalue weighted by Gasteiger charge is 2.16. The fraction of sp³-hybridized carbons (Fsp3) is 0. The van der Waals surface area contributed by atoms with E-state index in [2.05, 4.69) is 47.4 Å². The summed E-state index contributed by atoms with van der Waals surface area (Å²) in [5.74, 6) is 1.77. The van der Waals surface area contributed by atoms with Crippen LogP contribution in [-0.4, -0.2) is 19.9 Å². The molecular formula is C36H20N4O2. The summed E-state index contributed by atoms with van der Waals surface area (Å²) in [5, 5.41) is 6.31. The Bertz CT molecular complexity index is 2480. The molecule has 9 aromatic rings. The van der Waals surface area contributed by atoms with Crippen molar-refractivity contribution in [2.24, 2.45) is 0 Å². The van der Waals surface area contributed by atoms with Gasteiger partial charge >= 0.3 is 0 Å². The molecule has 0 amide bonds. The number of para-hydroxylation sites is 1. The van der Waals surface area contributed by atoms with Gasteiger partial charge in [-0.3, -0.25) is 4.98 Å². The lowest BCUT2D eigenvalue weighted by Gasteiger charge is -2.09. The summed E-state index contributed by atoms with van der Waals surface area (Å²) in [5.41, 5.74) is 5.89. The smallest absolute Gasteiger partial charge is 0.164 e. The quantitative estimate of drug-likeness (QED) is 0.222. The molecule has 9 rings (SSSR count). The fourth-order valence-electron chi connectivity index (χ4n) is 5.76. The average molecular weight is 541 g/mol. The second-order valence-electron chi connectivity index (χ2n) is 10.3. The van der Waals surface area contributed by atoms with Crippen LogP contribution in [-0.2, 0) is 0 Å². The van der Waals surface area contributed by atoms with Crippen LogP contribution in [0.4, 0.5) is 0 Å². The van der Waals surface area contributed by atoms with Crippen molar-refractivity contribution in [2.45, 2.75) is 0 Å². The Morgan fingerprint density at radius 2 is 1.10 bits per heavy atom. The summed E-state index contributed by atoms with van der Waals surface area (Å²) in [6.45, 7) is 0. The first kappa shape index (κ1) is 22.9. The van der Waals surface area contributed by atoms with Gasteiger partial charge in [-0.15, -0.1) is 0 Å². The summed E-state index contributed by atoms with van der Waals surface area (Å²) in [7, 11) is 0. The van der Waals surface area contributed by atoms with E-state index in [1.165, 1.54) is 0 Å². The van der Waals surface area contributed by atoms with E-state index < -0.39 is 0 Å². The van der Waals surface area contributed by atoms with Crippen molar-refractivity contribution in [1.82, 2.24) is 19.9 Å². The highest BCUT2D eigenvalue weighted by molar-refractivity contribution is 6.15. The van der Waals surface area contributed by atoms with Crippen LogP contribution in [0.25, 0.3) is 88.8 Å². The van der Waals surface area contributed by atoms with E-state index in [0.717, 1.165) is 71.3 Å². The van der Waals surface area contributed by atoms with Gasteiger partial charge in [0.1, 0.15) is 16.7 Å². The predicted molar refractivity (Wildman–Crippen MR) is 166 cm³/mol. The van der Waals surface area contributed by atoms with E-state index in [-0.39, 0.29) is 0 Å². The van der Waals surface area contributed by atoms with E-state index >= 15 is 0 Å². The molecule has 42 heavy (non-hydrogen) atoms. The number of hydrogen-bond acceptors (Lipinski definition) is 6. The van der Waals surface area contributed by atoms with Gasteiger partial charge in [0.2, 0.25) is 0 Å². The van der Waals surface area contributed by atoms with Gasteiger partial charge in [-0.1, -0.05) is 72.8 Å². The Kier molecular flexibility index (Phi) is 4.80. The SMILES string of the molecule is c1ccc(-c2nc(-c3ccc4c(c3)oc3ccccc34)nc(-c3ccc4ccc5c6ccncc6oc5c4c3)n2)cc1. The number of pyridine rings is 1. The van der Waals surface area contributed by atoms with Gasteiger partial charge in [0.25, 0.3) is 0 Å². The Balaban J connectivity index is 1.26. The number of aromatic nitrogens is 4. The molecule has 0 aliphatic rings. The molecule has 4 aromatic heterocycles. The van der Waals surface area contributed by atoms with Gasteiger partial charge in [-0.05, 0) is 41.8 Å². The van der Waals surface area contributed by atoms with Gasteiger partial charge in [0.05, 0.1) is 6.20 Å². The molecule has 6 nitrogen and oxygen atoms in total. The van der Waals surface area contributed by atoms with E-state index in [1.807, 2.05) is 66.7 Å². The molecule has 6 heteroatoms. The lowest BCUT2D eigenvalue weighted by atomic mass is 10.0. The lowest BCUT2D eigenvalue weighted by molar-refractivity contribution is 0.669. The first-order valence-electron chi connectivity index (χ1n) is 13.7. The molecule has 0 spiro atoms. The second kappa shape index (κ2) is 8.81. The largest absolute Gasteiger partial charge is 0.456 e. The van der Waals surface area contributed by atoms with E-state index in [9.17, 15) is 0 Å². The van der Waals surface area contributed by atoms with Crippen LogP contribution >= 0.6 is 0 Å². The number of fused-ring (bicyclic) bond motifs is 8. The molecule has 4 heterocycles. The van der Waals surface area contributed by atoms with Crippen molar-refractivity contribution in [3.63, 3.8) is 0 Å². The zero-order valence-electron chi connectivity index (χ0n) is 22.2. The van der Waals surface area contributed by atoms with E-state index in [1.54, 1.807) is 12.4 Å². The molecule has 0 atom stereocenters. The summed E-state index contributed by atoms with van der Waals surface area (Å²) in [4.78, 5) is 19.1. The van der Waals surface area contributed by atoms with Crippen molar-refractivity contribution in [2.75, 3.05) is 0 Å². The van der Waals surface area contributed by atoms with Crippen molar-refractivity contribution >= 4 is 54.6 Å². The number of benzene rings is 5. The Morgan fingerprint density at radius 3 is 1.98 bits per heavy atom. The average Bonchev–Trinajstić information content (AvgIpc) is 3.63. The molecule has 0 bridgehead atoms. The van der Waals surface area contributed by atoms with Crippen molar-refractivity contribution in [3.8, 4) is 34.2 Å². The second-order valence-corrected chi connectivity index (χ2v) is 10.3. The number of furan rings is 2. The minimum absolute atomic E-state index is 0.578. The molecule has 5 aromatic carbocycles. The Labute approximate surface area is 238 Å². The van der Waals surface area contributed by atoms with Gasteiger partial charge in [-0.2, -0.15) is 0 Å². The monoisotopic (exact) mass is 540 g/mol. The normalized spacial score (nSPS) is 11.8. The number of nitrogens with zero attached hydrogens (tertiary/aromatic N) is 4. The fourth-order valence-corrected chi connectivity index (χ4v) is 5.76. The maximum atomic E-state index is 6.28. The molecule has 0 aliphatic carbocycles. The van der Waals surface area contributed by atoms with Crippen LogP contribution in [0.2, 0.25) is 0 Å². The molecule has 0 unspecified atom stereocenters. The predicted octanol–water partition coefficient (Wildman–Crippen LogP) is 9.22. The highest BCUT2D eigenvalue weighted by Crippen LogP contribution is 2.36. The zero-order chi connectivity index (χ0) is 27.6. The minimum Gasteiger partial charge on any atom is -0.456 e. The van der Waals surface area contributed by atoms with Crippen LogP contribution in [0.3, 0.4) is 0 Å². The Hall–Kier alpha value is -5.88. The number of hydrogen-bond donors (Lipinski definition) is 0. The molecule has 0 aliphatic heterocycles. The molecule has 0 saturated heterocycles. The van der Waals surface area contributed by atoms with Crippen LogP contribution in [0.1, 0.15) is 0 Å². The van der Waals surface area contributed by atoms with Gasteiger partial charge in [0.15, 0.2) is 23.1 Å². The maximum Gasteiger partial charge on any atom is 0.164 e.